The molecule has 2 N–H and O–H groups in total. The molecular weight excluding hydrogens is 426 g/mol. The van der Waals surface area contributed by atoms with Gasteiger partial charge in [-0.3, -0.25) is 9.78 Å². The lowest BCUT2D eigenvalue weighted by atomic mass is 9.73. The fraction of sp³-hybridized carbons (Fsp3) is 0.333. The van der Waals surface area contributed by atoms with Crippen LogP contribution in [0, 0.1) is 10.8 Å². The fourth-order valence-electron chi connectivity index (χ4n) is 5.29. The van der Waals surface area contributed by atoms with E-state index < -0.39 is 5.41 Å². The fourth-order valence-corrected chi connectivity index (χ4v) is 5.29. The van der Waals surface area contributed by atoms with E-state index in [1.165, 1.54) is 0 Å². The number of H-pyrrole nitrogens is 1. The zero-order valence-corrected chi connectivity index (χ0v) is 19.2. The number of carbonyl (C=O) groups is 1. The number of aromatic amines is 1. The van der Waals surface area contributed by atoms with E-state index in [1.807, 2.05) is 36.4 Å². The summed E-state index contributed by atoms with van der Waals surface area (Å²) < 4.78 is 1.61. The second kappa shape index (κ2) is 7.74. The third-order valence-corrected chi connectivity index (χ3v) is 7.58. The van der Waals surface area contributed by atoms with Gasteiger partial charge in [0, 0.05) is 30.0 Å². The first kappa shape index (κ1) is 21.0. The number of fused-ring (bicyclic) bond motifs is 1. The molecule has 0 spiro atoms. The molecule has 1 saturated carbocycles. The van der Waals surface area contributed by atoms with E-state index in [-0.39, 0.29) is 11.1 Å². The Hall–Kier alpha value is -3.58. The predicted molar refractivity (Wildman–Crippen MR) is 131 cm³/mol. The molecule has 0 radical (unpaired) electrons. The minimum atomic E-state index is -0.507. The number of Topliss-reactive ketones (excluding diaryl/α,β-unsaturated/α-hetero) is 1. The number of hydrogen-bond acceptors (Lipinski definition) is 5. The van der Waals surface area contributed by atoms with Gasteiger partial charge in [-0.15, -0.1) is 0 Å². The monoisotopic (exact) mass is 453 g/mol. The molecule has 0 bridgehead atoms. The third-order valence-electron chi connectivity index (χ3n) is 7.58. The molecule has 2 aliphatic rings. The highest BCUT2D eigenvalue weighted by atomic mass is 16.2. The molecule has 2 aromatic carbocycles. The Balaban J connectivity index is 1.32. The van der Waals surface area contributed by atoms with Crippen molar-refractivity contribution in [3.05, 3.63) is 77.1 Å². The molecule has 34 heavy (non-hydrogen) atoms. The molecule has 2 aromatic heterocycles. The number of hydrogen-bond donors (Lipinski definition) is 2. The second-order valence-electron chi connectivity index (χ2n) is 10.0. The normalized spacial score (nSPS) is 21.1. The SMILES string of the molecule is CC1(C(=O)[C@]2(Cc3n[nH]c(=O)n3-c3ccc(-c4ccc5cccnc5c4)cc3)CCNC2)CC1. The van der Waals surface area contributed by atoms with Gasteiger partial charge in [0.15, 0.2) is 0 Å². The van der Waals surface area contributed by atoms with Crippen LogP contribution in [0.25, 0.3) is 27.7 Å². The second-order valence-corrected chi connectivity index (χ2v) is 10.0. The highest BCUT2D eigenvalue weighted by Gasteiger charge is 2.55. The lowest BCUT2D eigenvalue weighted by Gasteiger charge is -2.29. The first-order valence-corrected chi connectivity index (χ1v) is 11.9. The summed E-state index contributed by atoms with van der Waals surface area (Å²) in [4.78, 5) is 30.6. The Morgan fingerprint density at radius 1 is 1.06 bits per heavy atom. The van der Waals surface area contributed by atoms with Crippen molar-refractivity contribution >= 4 is 16.7 Å². The third kappa shape index (κ3) is 3.47. The van der Waals surface area contributed by atoms with Crippen molar-refractivity contribution in [1.82, 2.24) is 25.1 Å². The van der Waals surface area contributed by atoms with Crippen LogP contribution in [0.2, 0.25) is 0 Å². The minimum absolute atomic E-state index is 0.218. The van der Waals surface area contributed by atoms with Crippen LogP contribution in [0.15, 0.2) is 65.6 Å². The van der Waals surface area contributed by atoms with Gasteiger partial charge in [0.1, 0.15) is 11.6 Å². The number of ketones is 1. The van der Waals surface area contributed by atoms with E-state index in [0.717, 1.165) is 53.5 Å². The molecule has 4 aromatic rings. The molecule has 7 nitrogen and oxygen atoms in total. The van der Waals surface area contributed by atoms with Crippen LogP contribution in [0.1, 0.15) is 32.0 Å². The van der Waals surface area contributed by atoms with Crippen LogP contribution in [0.4, 0.5) is 0 Å². The summed E-state index contributed by atoms with van der Waals surface area (Å²) in [5, 5.41) is 11.4. The van der Waals surface area contributed by atoms with Crippen molar-refractivity contribution in [2.75, 3.05) is 13.1 Å². The Morgan fingerprint density at radius 3 is 2.59 bits per heavy atom. The van der Waals surface area contributed by atoms with Crippen molar-refractivity contribution in [2.24, 2.45) is 10.8 Å². The van der Waals surface area contributed by atoms with Crippen LogP contribution in [-0.2, 0) is 11.2 Å². The van der Waals surface area contributed by atoms with E-state index in [4.69, 9.17) is 0 Å². The molecule has 1 saturated heterocycles. The molecule has 172 valence electrons. The van der Waals surface area contributed by atoms with Crippen LogP contribution in [0.3, 0.4) is 0 Å². The van der Waals surface area contributed by atoms with Gasteiger partial charge in [-0.25, -0.2) is 14.5 Å². The lowest BCUT2D eigenvalue weighted by Crippen LogP contribution is -2.41. The van der Waals surface area contributed by atoms with Gasteiger partial charge >= 0.3 is 5.69 Å². The van der Waals surface area contributed by atoms with Gasteiger partial charge in [-0.1, -0.05) is 37.3 Å². The van der Waals surface area contributed by atoms with Crippen LogP contribution < -0.4 is 11.0 Å². The molecule has 2 fully saturated rings. The highest BCUT2D eigenvalue weighted by molar-refractivity contribution is 5.93. The van der Waals surface area contributed by atoms with E-state index >= 15 is 0 Å². The number of benzene rings is 2. The van der Waals surface area contributed by atoms with Gasteiger partial charge in [0.2, 0.25) is 0 Å². The first-order valence-electron chi connectivity index (χ1n) is 11.9. The van der Waals surface area contributed by atoms with E-state index in [1.54, 1.807) is 10.8 Å². The summed E-state index contributed by atoms with van der Waals surface area (Å²) in [6.45, 7) is 3.51. The van der Waals surface area contributed by atoms with Gasteiger partial charge in [-0.05, 0) is 61.2 Å². The van der Waals surface area contributed by atoms with E-state index in [2.05, 4.69) is 45.6 Å². The Bertz CT molecular complexity index is 1440. The topological polar surface area (TPSA) is 92.7 Å². The maximum atomic E-state index is 13.4. The summed E-state index contributed by atoms with van der Waals surface area (Å²) in [7, 11) is 0. The van der Waals surface area contributed by atoms with Crippen molar-refractivity contribution in [3.8, 4) is 16.8 Å². The Morgan fingerprint density at radius 2 is 1.85 bits per heavy atom. The molecule has 0 amide bonds. The summed E-state index contributed by atoms with van der Waals surface area (Å²) in [6.07, 6.45) is 4.92. The number of rotatable bonds is 6. The summed E-state index contributed by atoms with van der Waals surface area (Å²) in [6, 6.07) is 18.1. The molecule has 1 aliphatic carbocycles. The van der Waals surface area contributed by atoms with Crippen molar-refractivity contribution in [2.45, 2.75) is 32.6 Å². The molecule has 3 heterocycles. The Kier molecular flexibility index (Phi) is 4.78. The first-order chi connectivity index (χ1) is 16.5. The number of nitrogens with zero attached hydrogens (tertiary/aromatic N) is 3. The van der Waals surface area contributed by atoms with E-state index in [0.29, 0.717) is 24.6 Å². The maximum Gasteiger partial charge on any atom is 0.347 e. The lowest BCUT2D eigenvalue weighted by molar-refractivity contribution is -0.132. The van der Waals surface area contributed by atoms with E-state index in [9.17, 15) is 9.59 Å². The van der Waals surface area contributed by atoms with Crippen molar-refractivity contribution in [3.63, 3.8) is 0 Å². The number of nitrogens with one attached hydrogen (secondary N) is 2. The number of carbonyl (C=O) groups excluding carboxylic acids is 1. The predicted octanol–water partition coefficient (Wildman–Crippen LogP) is 3.67. The smallest absolute Gasteiger partial charge is 0.316 e. The Labute approximate surface area is 197 Å². The van der Waals surface area contributed by atoms with Gasteiger partial charge in [0.25, 0.3) is 0 Å². The standard InChI is InChI=1S/C27H27N5O2/c1-26(10-11-26)24(33)27(12-14-28-17-27)16-23-30-31-25(34)32(23)21-8-6-18(7-9-21)20-5-4-19-3-2-13-29-22(19)15-20/h2-9,13,15,28H,10-12,14,16-17H2,1H3,(H,31,34)/t27-/m0/s1. The zero-order valence-electron chi connectivity index (χ0n) is 19.2. The number of aromatic nitrogens is 4. The van der Waals surface area contributed by atoms with Crippen LogP contribution in [-0.4, -0.2) is 38.6 Å². The average Bonchev–Trinajstić information content (AvgIpc) is 3.27. The molecular formula is C27H27N5O2. The molecule has 7 heteroatoms. The summed E-state index contributed by atoms with van der Waals surface area (Å²) >= 11 is 0. The minimum Gasteiger partial charge on any atom is -0.316 e. The van der Waals surface area contributed by atoms with Gasteiger partial charge < -0.3 is 5.32 Å². The van der Waals surface area contributed by atoms with Gasteiger partial charge in [-0.2, -0.15) is 5.10 Å². The van der Waals surface area contributed by atoms with Crippen molar-refractivity contribution < 1.29 is 4.79 Å². The highest BCUT2D eigenvalue weighted by Crippen LogP contribution is 2.52. The largest absolute Gasteiger partial charge is 0.347 e. The van der Waals surface area contributed by atoms with Crippen LogP contribution >= 0.6 is 0 Å². The van der Waals surface area contributed by atoms with Gasteiger partial charge in [0.05, 0.1) is 16.6 Å². The quantitative estimate of drug-likeness (QED) is 0.465. The summed E-state index contributed by atoms with van der Waals surface area (Å²) in [5.74, 6) is 0.918. The average molecular weight is 454 g/mol. The van der Waals surface area contributed by atoms with Crippen molar-refractivity contribution in [1.29, 1.82) is 0 Å². The maximum absolute atomic E-state index is 13.4. The zero-order chi connectivity index (χ0) is 23.3. The molecule has 0 unspecified atom stereocenters. The molecule has 1 atom stereocenters. The molecule has 6 rings (SSSR count). The number of pyridine rings is 1. The summed E-state index contributed by atoms with van der Waals surface area (Å²) in [5.41, 5.74) is 2.78. The molecule has 1 aliphatic heterocycles. The van der Waals surface area contributed by atoms with Crippen LogP contribution in [0.5, 0.6) is 0 Å².